The number of likely N-dealkylation sites (tertiary alicyclic amines) is 1. The molecule has 4 aromatic rings. The third kappa shape index (κ3) is 8.21. The van der Waals surface area contributed by atoms with E-state index in [1.165, 1.54) is 6.33 Å². The van der Waals surface area contributed by atoms with Gasteiger partial charge in [0.25, 0.3) is 0 Å². The fraction of sp³-hybridized carbons (Fsp3) is 0.455. The molecular formula is C33H46N6O3. The van der Waals surface area contributed by atoms with Crippen molar-refractivity contribution in [3.63, 3.8) is 0 Å². The van der Waals surface area contributed by atoms with Crippen LogP contribution in [0.3, 0.4) is 0 Å². The van der Waals surface area contributed by atoms with Gasteiger partial charge in [-0.3, -0.25) is 4.57 Å². The first-order chi connectivity index (χ1) is 20.3. The van der Waals surface area contributed by atoms with E-state index in [-0.39, 0.29) is 17.8 Å². The lowest BCUT2D eigenvalue weighted by atomic mass is 10.1. The summed E-state index contributed by atoms with van der Waals surface area (Å²) in [6.07, 6.45) is 2.69. The van der Waals surface area contributed by atoms with Gasteiger partial charge in [-0.15, -0.1) is 0 Å². The van der Waals surface area contributed by atoms with Crippen LogP contribution in [0.4, 0.5) is 10.6 Å². The zero-order chi connectivity index (χ0) is 30.7. The van der Waals surface area contributed by atoms with Crippen LogP contribution < -0.4 is 10.6 Å². The van der Waals surface area contributed by atoms with Crippen molar-refractivity contribution in [2.24, 2.45) is 0 Å². The van der Waals surface area contributed by atoms with Crippen LogP contribution in [0.2, 0.25) is 0 Å². The van der Waals surface area contributed by atoms with Gasteiger partial charge < -0.3 is 19.5 Å². The first-order valence-electron chi connectivity index (χ1n) is 15.0. The van der Waals surface area contributed by atoms with Crippen molar-refractivity contribution in [1.82, 2.24) is 24.4 Å². The van der Waals surface area contributed by atoms with Gasteiger partial charge in [0.05, 0.1) is 6.04 Å². The molecule has 0 spiro atoms. The van der Waals surface area contributed by atoms with Crippen molar-refractivity contribution in [3.8, 4) is 0 Å². The predicted molar refractivity (Wildman–Crippen MR) is 170 cm³/mol. The summed E-state index contributed by atoms with van der Waals surface area (Å²) in [5, 5.41) is 0. The van der Waals surface area contributed by atoms with Gasteiger partial charge in [0.1, 0.15) is 17.4 Å². The molecule has 9 heteroatoms. The molecule has 1 aliphatic heterocycles. The number of piperidine rings is 1. The first kappa shape index (κ1) is 32.4. The minimum atomic E-state index is -0.579. The summed E-state index contributed by atoms with van der Waals surface area (Å²) < 4.78 is 7.26. The number of benzene rings is 2. The van der Waals surface area contributed by atoms with Crippen LogP contribution in [-0.2, 0) is 17.8 Å². The minimum Gasteiger partial charge on any atom is -0.444 e. The Kier molecular flexibility index (Phi) is 11.7. The average molecular weight is 575 g/mol. The predicted octanol–water partition coefficient (Wildman–Crippen LogP) is 6.95. The summed E-state index contributed by atoms with van der Waals surface area (Å²) >= 11 is 0. The number of rotatable bonds is 6. The molecule has 0 saturated carbocycles. The SMILES string of the molecule is CC.CC.CC(C)(C)OC(=O)N1CCCC(n2c(=O)[nH]c3c(N(Cc4ccccc4)Cc4ccccc4)ncnc32)C1. The zero-order valence-electron chi connectivity index (χ0n) is 26.1. The Balaban J connectivity index is 0.00000116. The number of imidazole rings is 1. The highest BCUT2D eigenvalue weighted by molar-refractivity contribution is 5.83. The van der Waals surface area contributed by atoms with E-state index in [2.05, 4.69) is 44.1 Å². The maximum atomic E-state index is 13.3. The number of carbonyl (C=O) groups excluding carboxylic acids is 1. The highest BCUT2D eigenvalue weighted by Crippen LogP contribution is 2.28. The van der Waals surface area contributed by atoms with E-state index < -0.39 is 5.60 Å². The molecule has 1 atom stereocenters. The first-order valence-corrected chi connectivity index (χ1v) is 15.0. The number of hydrogen-bond acceptors (Lipinski definition) is 6. The summed E-state index contributed by atoms with van der Waals surface area (Å²) in [6, 6.07) is 20.2. The van der Waals surface area contributed by atoms with E-state index in [1.807, 2.05) is 84.9 Å². The zero-order valence-corrected chi connectivity index (χ0v) is 26.1. The number of nitrogens with zero attached hydrogens (tertiary/aromatic N) is 5. The Labute approximate surface area is 249 Å². The number of nitrogens with one attached hydrogen (secondary N) is 1. The lowest BCUT2D eigenvalue weighted by molar-refractivity contribution is 0.0172. The fourth-order valence-corrected chi connectivity index (χ4v) is 4.97. The number of fused-ring (bicyclic) bond motifs is 1. The van der Waals surface area contributed by atoms with Crippen LogP contribution in [0, 0.1) is 0 Å². The molecule has 1 N–H and O–H groups in total. The Morgan fingerprint density at radius 2 is 1.52 bits per heavy atom. The molecule has 3 heterocycles. The van der Waals surface area contributed by atoms with Gasteiger partial charge in [0, 0.05) is 26.2 Å². The van der Waals surface area contributed by atoms with E-state index in [0.717, 1.165) is 24.0 Å². The van der Waals surface area contributed by atoms with Gasteiger partial charge in [0.15, 0.2) is 11.5 Å². The molecule has 2 aromatic carbocycles. The number of carbonyl (C=O) groups is 1. The third-order valence-corrected chi connectivity index (χ3v) is 6.63. The maximum Gasteiger partial charge on any atom is 0.410 e. The Morgan fingerprint density at radius 1 is 0.952 bits per heavy atom. The molecule has 1 fully saturated rings. The quantitative estimate of drug-likeness (QED) is 0.268. The third-order valence-electron chi connectivity index (χ3n) is 6.63. The van der Waals surface area contributed by atoms with Gasteiger partial charge in [-0.05, 0) is 44.7 Å². The normalized spacial score (nSPS) is 14.7. The number of aromatic nitrogens is 4. The van der Waals surface area contributed by atoms with Crippen LogP contribution in [-0.4, -0.2) is 49.2 Å². The molecule has 9 nitrogen and oxygen atoms in total. The van der Waals surface area contributed by atoms with Crippen LogP contribution in [0.25, 0.3) is 11.2 Å². The fourth-order valence-electron chi connectivity index (χ4n) is 4.97. The molecule has 0 aliphatic carbocycles. The molecule has 5 rings (SSSR count). The smallest absolute Gasteiger partial charge is 0.410 e. The van der Waals surface area contributed by atoms with E-state index >= 15 is 0 Å². The Bertz CT molecular complexity index is 1400. The highest BCUT2D eigenvalue weighted by Gasteiger charge is 2.31. The maximum absolute atomic E-state index is 13.3. The average Bonchev–Trinajstić information content (AvgIpc) is 3.35. The molecule has 2 aromatic heterocycles. The summed E-state index contributed by atoms with van der Waals surface area (Å²) in [5.41, 5.74) is 2.58. The van der Waals surface area contributed by atoms with E-state index in [0.29, 0.717) is 43.2 Å². The van der Waals surface area contributed by atoms with Crippen molar-refractivity contribution in [2.45, 2.75) is 86.0 Å². The van der Waals surface area contributed by atoms with Crippen molar-refractivity contribution in [2.75, 3.05) is 18.0 Å². The molecular weight excluding hydrogens is 528 g/mol. The number of H-pyrrole nitrogens is 1. The summed E-state index contributed by atoms with van der Waals surface area (Å²) in [4.78, 5) is 42.1. The van der Waals surface area contributed by atoms with Gasteiger partial charge in [-0.25, -0.2) is 19.6 Å². The number of hydrogen-bond donors (Lipinski definition) is 1. The molecule has 1 amide bonds. The van der Waals surface area contributed by atoms with E-state index in [9.17, 15) is 9.59 Å². The Morgan fingerprint density at radius 3 is 2.07 bits per heavy atom. The van der Waals surface area contributed by atoms with Crippen molar-refractivity contribution < 1.29 is 9.53 Å². The van der Waals surface area contributed by atoms with Crippen LogP contribution in [0.5, 0.6) is 0 Å². The summed E-state index contributed by atoms with van der Waals surface area (Å²) in [5.74, 6) is 0.665. The van der Waals surface area contributed by atoms with Gasteiger partial charge in [-0.2, -0.15) is 0 Å². The van der Waals surface area contributed by atoms with E-state index in [4.69, 9.17) is 4.74 Å². The lowest BCUT2D eigenvalue weighted by Crippen LogP contribution is -2.44. The van der Waals surface area contributed by atoms with Crippen LogP contribution in [0.1, 0.15) is 78.5 Å². The summed E-state index contributed by atoms with van der Waals surface area (Å²) in [7, 11) is 0. The topological polar surface area (TPSA) is 96.3 Å². The van der Waals surface area contributed by atoms with Crippen molar-refractivity contribution in [1.29, 1.82) is 0 Å². The van der Waals surface area contributed by atoms with Crippen LogP contribution >= 0.6 is 0 Å². The molecule has 1 saturated heterocycles. The molecule has 42 heavy (non-hydrogen) atoms. The van der Waals surface area contributed by atoms with Gasteiger partial charge >= 0.3 is 11.8 Å². The van der Waals surface area contributed by atoms with Gasteiger partial charge in [-0.1, -0.05) is 88.4 Å². The van der Waals surface area contributed by atoms with Gasteiger partial charge in [0.2, 0.25) is 0 Å². The van der Waals surface area contributed by atoms with Crippen LogP contribution in [0.15, 0.2) is 71.8 Å². The second-order valence-electron chi connectivity index (χ2n) is 10.7. The molecule has 1 aliphatic rings. The molecule has 1 unspecified atom stereocenters. The number of aromatic amines is 1. The lowest BCUT2D eigenvalue weighted by Gasteiger charge is -2.34. The van der Waals surface area contributed by atoms with Crippen molar-refractivity contribution >= 4 is 23.1 Å². The standard InChI is InChI=1S/C29H34N6O3.2C2H6/c1-29(2,3)38-28(37)33-16-10-15-23(19-33)35-26-24(32-27(35)36)25(30-20-31-26)34(17-21-11-6-4-7-12-21)18-22-13-8-5-9-14-22;2*1-2/h4-9,11-14,20,23H,10,15-19H2,1-3H3,(H,32,36);2*1-2H3. The molecule has 0 bridgehead atoms. The molecule has 0 radical (unpaired) electrons. The number of ether oxygens (including phenoxy) is 1. The minimum absolute atomic E-state index is 0.211. The number of anilines is 1. The van der Waals surface area contributed by atoms with Crippen molar-refractivity contribution in [3.05, 3.63) is 88.6 Å². The Hall–Kier alpha value is -4.14. The summed E-state index contributed by atoms with van der Waals surface area (Å²) in [6.45, 7) is 15.8. The number of amides is 1. The molecule has 226 valence electrons. The second-order valence-corrected chi connectivity index (χ2v) is 10.7. The highest BCUT2D eigenvalue weighted by atomic mass is 16.6. The van der Waals surface area contributed by atoms with E-state index in [1.54, 1.807) is 9.47 Å². The second kappa shape index (κ2) is 15.2. The monoisotopic (exact) mass is 574 g/mol. The largest absolute Gasteiger partial charge is 0.444 e.